The Labute approximate surface area is 197 Å². The Kier molecular flexibility index (Phi) is 4.77. The van der Waals surface area contributed by atoms with Crippen molar-refractivity contribution in [2.24, 2.45) is 0 Å². The number of anilines is 1. The molecular formula is C29H23FN4. The lowest BCUT2D eigenvalue weighted by molar-refractivity contribution is 0.628. The summed E-state index contributed by atoms with van der Waals surface area (Å²) in [5.41, 5.74) is 11.3. The largest absolute Gasteiger partial charge is 0.381 e. The zero-order valence-electron chi connectivity index (χ0n) is 19.0. The third-order valence-electron chi connectivity index (χ3n) is 6.40. The van der Waals surface area contributed by atoms with Crippen LogP contribution >= 0.6 is 0 Å². The molecule has 5 heteroatoms. The van der Waals surface area contributed by atoms with E-state index in [1.54, 1.807) is 18.5 Å². The zero-order valence-corrected chi connectivity index (χ0v) is 19.0. The standard InChI is InChI=1S/C29H23FN4/c1-17-6-7-18(2)23(12-17)20-8-9-26-24(14-20)22(10-11-32-26)29-33-27-16-31-15-25(28(27)34-29)19-4-3-5-21(30)13-19/h3-10,12-16,32H,11H2,1-2H3,(H,33,34). The molecule has 0 fully saturated rings. The number of nitrogens with one attached hydrogen (secondary N) is 2. The van der Waals surface area contributed by atoms with E-state index < -0.39 is 0 Å². The molecule has 6 rings (SSSR count). The molecule has 3 heterocycles. The number of nitrogens with zero attached hydrogens (tertiary/aromatic N) is 2. The van der Waals surface area contributed by atoms with Gasteiger partial charge >= 0.3 is 0 Å². The molecule has 1 aliphatic heterocycles. The Morgan fingerprint density at radius 2 is 1.74 bits per heavy atom. The molecule has 0 bridgehead atoms. The fourth-order valence-corrected chi connectivity index (χ4v) is 4.66. The zero-order chi connectivity index (χ0) is 23.2. The monoisotopic (exact) mass is 446 g/mol. The fourth-order valence-electron chi connectivity index (χ4n) is 4.66. The predicted octanol–water partition coefficient (Wildman–Crippen LogP) is 6.91. The Bertz CT molecular complexity index is 1600. The second kappa shape index (κ2) is 7.96. The van der Waals surface area contributed by atoms with Crippen LogP contribution in [0, 0.1) is 19.7 Å². The number of halogens is 1. The number of rotatable bonds is 3. The first-order valence-corrected chi connectivity index (χ1v) is 11.3. The summed E-state index contributed by atoms with van der Waals surface area (Å²) in [4.78, 5) is 12.8. The van der Waals surface area contributed by atoms with E-state index in [2.05, 4.69) is 71.6 Å². The lowest BCUT2D eigenvalue weighted by Crippen LogP contribution is -2.09. The highest BCUT2D eigenvalue weighted by molar-refractivity contribution is 5.95. The summed E-state index contributed by atoms with van der Waals surface area (Å²) in [5.74, 6) is 0.501. The highest BCUT2D eigenvalue weighted by atomic mass is 19.1. The van der Waals surface area contributed by atoms with Gasteiger partial charge in [0.1, 0.15) is 11.6 Å². The minimum atomic E-state index is -0.278. The predicted molar refractivity (Wildman–Crippen MR) is 136 cm³/mol. The van der Waals surface area contributed by atoms with Gasteiger partial charge in [0.15, 0.2) is 0 Å². The number of pyridine rings is 1. The molecule has 0 atom stereocenters. The number of hydrogen-bond donors (Lipinski definition) is 2. The third-order valence-corrected chi connectivity index (χ3v) is 6.40. The molecule has 0 radical (unpaired) electrons. The fraction of sp³-hybridized carbons (Fsp3) is 0.103. The molecule has 2 aromatic heterocycles. The van der Waals surface area contributed by atoms with Gasteiger partial charge in [-0.15, -0.1) is 0 Å². The third kappa shape index (κ3) is 3.46. The van der Waals surface area contributed by atoms with Gasteiger partial charge in [-0.05, 0) is 60.4 Å². The first-order valence-electron chi connectivity index (χ1n) is 11.3. The minimum Gasteiger partial charge on any atom is -0.381 e. The second-order valence-electron chi connectivity index (χ2n) is 8.76. The molecule has 0 spiro atoms. The maximum Gasteiger partial charge on any atom is 0.138 e. The summed E-state index contributed by atoms with van der Waals surface area (Å²) in [6, 6.07) is 19.6. The highest BCUT2D eigenvalue weighted by Crippen LogP contribution is 2.37. The van der Waals surface area contributed by atoms with Gasteiger partial charge in [0.2, 0.25) is 0 Å². The Hall–Kier alpha value is -4.25. The lowest BCUT2D eigenvalue weighted by atomic mass is 9.92. The van der Waals surface area contributed by atoms with Crippen LogP contribution < -0.4 is 5.32 Å². The molecule has 166 valence electrons. The van der Waals surface area contributed by atoms with Crippen molar-refractivity contribution >= 4 is 22.3 Å². The van der Waals surface area contributed by atoms with Crippen LogP contribution in [0.25, 0.3) is 38.9 Å². The van der Waals surface area contributed by atoms with Crippen LogP contribution in [-0.2, 0) is 0 Å². The van der Waals surface area contributed by atoms with Crippen molar-refractivity contribution in [1.29, 1.82) is 0 Å². The van der Waals surface area contributed by atoms with Crippen molar-refractivity contribution in [3.05, 3.63) is 107 Å². The molecule has 0 aliphatic carbocycles. The van der Waals surface area contributed by atoms with E-state index in [1.807, 2.05) is 6.07 Å². The van der Waals surface area contributed by atoms with Gasteiger partial charge in [-0.1, -0.05) is 48.0 Å². The number of aromatic nitrogens is 3. The average Bonchev–Trinajstić information content (AvgIpc) is 3.29. The second-order valence-corrected chi connectivity index (χ2v) is 8.76. The molecule has 5 aromatic rings. The molecule has 0 saturated heterocycles. The SMILES string of the molecule is Cc1ccc(C)c(-c2ccc3c(c2)C(c2nc4c(-c5cccc(F)c5)cncc4[nH]2)=CCN3)c1. The Balaban J connectivity index is 1.48. The number of benzene rings is 3. The molecule has 34 heavy (non-hydrogen) atoms. The van der Waals surface area contributed by atoms with Crippen molar-refractivity contribution in [2.75, 3.05) is 11.9 Å². The number of aryl methyl sites for hydroxylation is 2. The van der Waals surface area contributed by atoms with Crippen LogP contribution in [0.2, 0.25) is 0 Å². The molecule has 0 unspecified atom stereocenters. The average molecular weight is 447 g/mol. The molecule has 0 saturated carbocycles. The van der Waals surface area contributed by atoms with Crippen molar-refractivity contribution in [3.63, 3.8) is 0 Å². The topological polar surface area (TPSA) is 53.6 Å². The summed E-state index contributed by atoms with van der Waals surface area (Å²) in [7, 11) is 0. The lowest BCUT2D eigenvalue weighted by Gasteiger charge is -2.20. The normalized spacial score (nSPS) is 12.9. The van der Waals surface area contributed by atoms with Crippen LogP contribution in [0.1, 0.15) is 22.5 Å². The Morgan fingerprint density at radius 1 is 0.853 bits per heavy atom. The Morgan fingerprint density at radius 3 is 2.62 bits per heavy atom. The van der Waals surface area contributed by atoms with Gasteiger partial charge in [-0.25, -0.2) is 9.37 Å². The van der Waals surface area contributed by atoms with E-state index in [-0.39, 0.29) is 5.82 Å². The van der Waals surface area contributed by atoms with Gasteiger partial charge in [0, 0.05) is 35.1 Å². The summed E-state index contributed by atoms with van der Waals surface area (Å²) < 4.78 is 13.9. The smallest absolute Gasteiger partial charge is 0.138 e. The number of imidazole rings is 1. The summed E-state index contributed by atoms with van der Waals surface area (Å²) in [6.07, 6.45) is 5.66. The van der Waals surface area contributed by atoms with Crippen molar-refractivity contribution in [2.45, 2.75) is 13.8 Å². The maximum absolute atomic E-state index is 13.9. The van der Waals surface area contributed by atoms with Crippen molar-refractivity contribution in [1.82, 2.24) is 15.0 Å². The minimum absolute atomic E-state index is 0.278. The molecular weight excluding hydrogens is 423 g/mol. The van der Waals surface area contributed by atoms with Crippen molar-refractivity contribution in [3.8, 4) is 22.3 Å². The van der Waals surface area contributed by atoms with E-state index in [4.69, 9.17) is 4.98 Å². The van der Waals surface area contributed by atoms with Gasteiger partial charge < -0.3 is 10.3 Å². The van der Waals surface area contributed by atoms with Crippen LogP contribution in [0.4, 0.5) is 10.1 Å². The van der Waals surface area contributed by atoms with E-state index in [0.29, 0.717) is 0 Å². The van der Waals surface area contributed by atoms with Crippen LogP contribution in [0.3, 0.4) is 0 Å². The molecule has 2 N–H and O–H groups in total. The molecule has 3 aromatic carbocycles. The first kappa shape index (κ1) is 20.4. The molecule has 1 aliphatic rings. The molecule has 0 amide bonds. The summed E-state index contributed by atoms with van der Waals surface area (Å²) >= 11 is 0. The summed E-state index contributed by atoms with van der Waals surface area (Å²) in [6.45, 7) is 4.98. The van der Waals surface area contributed by atoms with Gasteiger partial charge in [0.25, 0.3) is 0 Å². The number of fused-ring (bicyclic) bond motifs is 2. The summed E-state index contributed by atoms with van der Waals surface area (Å²) in [5, 5.41) is 3.47. The number of hydrogen-bond acceptors (Lipinski definition) is 3. The van der Waals surface area contributed by atoms with E-state index >= 15 is 0 Å². The van der Waals surface area contributed by atoms with Crippen LogP contribution in [0.5, 0.6) is 0 Å². The molecule has 4 nitrogen and oxygen atoms in total. The van der Waals surface area contributed by atoms with Gasteiger partial charge in [-0.2, -0.15) is 0 Å². The van der Waals surface area contributed by atoms with E-state index in [0.717, 1.165) is 51.4 Å². The van der Waals surface area contributed by atoms with Crippen LogP contribution in [-0.4, -0.2) is 21.5 Å². The van der Waals surface area contributed by atoms with E-state index in [9.17, 15) is 4.39 Å². The highest BCUT2D eigenvalue weighted by Gasteiger charge is 2.20. The van der Waals surface area contributed by atoms with Gasteiger partial charge in [-0.3, -0.25) is 4.98 Å². The maximum atomic E-state index is 13.9. The quantitative estimate of drug-likeness (QED) is 0.317. The van der Waals surface area contributed by atoms with Crippen LogP contribution in [0.15, 0.2) is 79.1 Å². The first-order chi connectivity index (χ1) is 16.6. The van der Waals surface area contributed by atoms with E-state index in [1.165, 1.54) is 34.4 Å². The van der Waals surface area contributed by atoms with Crippen molar-refractivity contribution < 1.29 is 4.39 Å². The van der Waals surface area contributed by atoms with Gasteiger partial charge in [0.05, 0.1) is 17.2 Å². The number of aromatic amines is 1. The number of H-pyrrole nitrogens is 1.